The molecule has 5 heteroatoms. The van der Waals surface area contributed by atoms with Gasteiger partial charge in [0, 0.05) is 51.1 Å². The summed E-state index contributed by atoms with van der Waals surface area (Å²) in [6.45, 7) is 9.51. The van der Waals surface area contributed by atoms with E-state index in [4.69, 9.17) is 4.74 Å². The second kappa shape index (κ2) is 10.3. The van der Waals surface area contributed by atoms with Crippen molar-refractivity contribution in [1.29, 1.82) is 0 Å². The number of anilines is 1. The second-order valence-electron chi connectivity index (χ2n) is 8.93. The van der Waals surface area contributed by atoms with Crippen molar-refractivity contribution in [2.24, 2.45) is 0 Å². The van der Waals surface area contributed by atoms with Gasteiger partial charge in [0.1, 0.15) is 0 Å². The molecule has 2 aliphatic rings. The van der Waals surface area contributed by atoms with E-state index in [1.807, 2.05) is 6.07 Å². The third-order valence-corrected chi connectivity index (χ3v) is 6.60. The van der Waals surface area contributed by atoms with Gasteiger partial charge < -0.3 is 15.0 Å². The lowest BCUT2D eigenvalue weighted by molar-refractivity contribution is 0.0468. The number of carbonyl (C=O) groups excluding carboxylic acids is 1. The summed E-state index contributed by atoms with van der Waals surface area (Å²) < 4.78 is 5.55. The predicted molar refractivity (Wildman–Crippen MR) is 126 cm³/mol. The van der Waals surface area contributed by atoms with Crippen LogP contribution in [0.25, 0.3) is 0 Å². The molecule has 0 bridgehead atoms. The summed E-state index contributed by atoms with van der Waals surface area (Å²) in [6, 6.07) is 15.2. The molecule has 0 unspecified atom stereocenters. The maximum atomic E-state index is 13.3. The molecule has 4 rings (SSSR count). The Morgan fingerprint density at radius 1 is 1.13 bits per heavy atom. The van der Waals surface area contributed by atoms with Gasteiger partial charge in [0.05, 0.1) is 0 Å². The molecular weight excluding hydrogens is 386 g/mol. The lowest BCUT2D eigenvalue weighted by Gasteiger charge is -2.35. The first-order valence-electron chi connectivity index (χ1n) is 11.6. The molecule has 0 radical (unpaired) electrons. The Kier molecular flexibility index (Phi) is 7.25. The van der Waals surface area contributed by atoms with Gasteiger partial charge in [-0.2, -0.15) is 0 Å². The molecule has 2 amide bonds. The van der Waals surface area contributed by atoms with Gasteiger partial charge in [0.15, 0.2) is 0 Å². The zero-order valence-electron chi connectivity index (χ0n) is 18.9. The number of aryl methyl sites for hydroxylation is 2. The molecule has 31 heavy (non-hydrogen) atoms. The Morgan fingerprint density at radius 2 is 1.90 bits per heavy atom. The van der Waals surface area contributed by atoms with Crippen LogP contribution in [0.5, 0.6) is 0 Å². The Bertz CT molecular complexity index is 892. The number of hydrogen-bond acceptors (Lipinski definition) is 3. The third kappa shape index (κ3) is 5.66. The van der Waals surface area contributed by atoms with Gasteiger partial charge in [0.2, 0.25) is 0 Å². The molecule has 0 saturated carbocycles. The fourth-order valence-electron chi connectivity index (χ4n) is 4.80. The number of nitrogens with zero attached hydrogens (tertiary/aromatic N) is 2. The first-order chi connectivity index (χ1) is 15.1. The Balaban J connectivity index is 1.36. The van der Waals surface area contributed by atoms with Gasteiger partial charge in [0.25, 0.3) is 0 Å². The van der Waals surface area contributed by atoms with Crippen LogP contribution in [0.15, 0.2) is 42.5 Å². The molecule has 1 saturated heterocycles. The Labute approximate surface area is 186 Å². The number of hydrogen-bond donors (Lipinski definition) is 1. The summed E-state index contributed by atoms with van der Waals surface area (Å²) in [5.41, 5.74) is 6.14. The van der Waals surface area contributed by atoms with Crippen molar-refractivity contribution in [1.82, 2.24) is 9.80 Å². The number of amides is 2. The van der Waals surface area contributed by atoms with Gasteiger partial charge >= 0.3 is 6.03 Å². The number of fused-ring (bicyclic) bond motifs is 1. The molecule has 166 valence electrons. The standard InChI is InChI=1S/C26H35N3O2/c1-20-8-9-25(21(2)18-20)27-26(30)29(24-11-16-31-17-12-24)14-5-13-28-15-10-22-6-3-4-7-23(22)19-28/h3-4,6-9,18,24H,5,10-17,19H2,1-2H3,(H,27,30). The van der Waals surface area contributed by atoms with Crippen LogP contribution in [-0.2, 0) is 17.7 Å². The van der Waals surface area contributed by atoms with Gasteiger partial charge in [-0.05, 0) is 62.3 Å². The fourth-order valence-corrected chi connectivity index (χ4v) is 4.80. The molecule has 2 heterocycles. The first kappa shape index (κ1) is 21.8. The normalized spacial score (nSPS) is 17.2. The smallest absolute Gasteiger partial charge is 0.322 e. The highest BCUT2D eigenvalue weighted by Gasteiger charge is 2.26. The quantitative estimate of drug-likeness (QED) is 0.731. The van der Waals surface area contributed by atoms with E-state index in [9.17, 15) is 4.79 Å². The Hall–Kier alpha value is -2.37. The van der Waals surface area contributed by atoms with Crippen molar-refractivity contribution in [2.45, 2.75) is 52.1 Å². The van der Waals surface area contributed by atoms with Gasteiger partial charge in [-0.15, -0.1) is 0 Å². The predicted octanol–water partition coefficient (Wildman–Crippen LogP) is 4.76. The van der Waals surface area contributed by atoms with E-state index in [1.165, 1.54) is 16.7 Å². The molecule has 1 fully saturated rings. The lowest BCUT2D eigenvalue weighted by Crippen LogP contribution is -2.46. The number of urea groups is 1. The zero-order valence-corrected chi connectivity index (χ0v) is 18.9. The maximum Gasteiger partial charge on any atom is 0.322 e. The van der Waals surface area contributed by atoms with E-state index in [-0.39, 0.29) is 12.1 Å². The zero-order chi connectivity index (χ0) is 21.6. The molecule has 2 aromatic carbocycles. The largest absolute Gasteiger partial charge is 0.381 e. The lowest BCUT2D eigenvalue weighted by atomic mass is 10.00. The summed E-state index contributed by atoms with van der Waals surface area (Å²) in [6.07, 6.45) is 3.93. The SMILES string of the molecule is Cc1ccc(NC(=O)N(CCCN2CCc3ccccc3C2)C2CCOCC2)c(C)c1. The van der Waals surface area contributed by atoms with E-state index >= 15 is 0 Å². The second-order valence-corrected chi connectivity index (χ2v) is 8.93. The summed E-state index contributed by atoms with van der Waals surface area (Å²) >= 11 is 0. The average molecular weight is 422 g/mol. The molecule has 1 N–H and O–H groups in total. The summed E-state index contributed by atoms with van der Waals surface area (Å²) in [5.74, 6) is 0. The topological polar surface area (TPSA) is 44.8 Å². The minimum atomic E-state index is 0.0165. The van der Waals surface area contributed by atoms with Crippen molar-refractivity contribution in [3.05, 3.63) is 64.7 Å². The highest BCUT2D eigenvalue weighted by molar-refractivity contribution is 5.90. The van der Waals surface area contributed by atoms with E-state index in [0.29, 0.717) is 0 Å². The van der Waals surface area contributed by atoms with E-state index in [0.717, 1.165) is 76.3 Å². The van der Waals surface area contributed by atoms with Crippen LogP contribution >= 0.6 is 0 Å². The summed E-state index contributed by atoms with van der Waals surface area (Å²) in [4.78, 5) is 17.8. The van der Waals surface area contributed by atoms with Crippen molar-refractivity contribution in [2.75, 3.05) is 38.2 Å². The first-order valence-corrected chi connectivity index (χ1v) is 11.6. The molecule has 0 spiro atoms. The average Bonchev–Trinajstić information content (AvgIpc) is 2.79. The van der Waals surface area contributed by atoms with Crippen molar-refractivity contribution in [3.8, 4) is 0 Å². The van der Waals surface area contributed by atoms with E-state index in [1.54, 1.807) is 0 Å². The molecule has 0 aromatic heterocycles. The van der Waals surface area contributed by atoms with Gasteiger partial charge in [-0.25, -0.2) is 4.79 Å². The van der Waals surface area contributed by atoms with Gasteiger partial charge in [-0.1, -0.05) is 42.0 Å². The highest BCUT2D eigenvalue weighted by Crippen LogP contribution is 2.21. The number of rotatable bonds is 6. The Morgan fingerprint density at radius 3 is 2.68 bits per heavy atom. The number of benzene rings is 2. The van der Waals surface area contributed by atoms with Crippen LogP contribution in [0.3, 0.4) is 0 Å². The van der Waals surface area contributed by atoms with Crippen LogP contribution in [0.2, 0.25) is 0 Å². The van der Waals surface area contributed by atoms with E-state index < -0.39 is 0 Å². The van der Waals surface area contributed by atoms with Crippen molar-refractivity contribution in [3.63, 3.8) is 0 Å². The molecular formula is C26H35N3O2. The van der Waals surface area contributed by atoms with Crippen molar-refractivity contribution < 1.29 is 9.53 Å². The molecule has 2 aromatic rings. The minimum absolute atomic E-state index is 0.0165. The van der Waals surface area contributed by atoms with Crippen molar-refractivity contribution >= 4 is 11.7 Å². The van der Waals surface area contributed by atoms with Crippen LogP contribution in [0.4, 0.5) is 10.5 Å². The molecule has 2 aliphatic heterocycles. The fraction of sp³-hybridized carbons (Fsp3) is 0.500. The number of nitrogens with one attached hydrogen (secondary N) is 1. The molecule has 0 aliphatic carbocycles. The summed E-state index contributed by atoms with van der Waals surface area (Å²) in [7, 11) is 0. The van der Waals surface area contributed by atoms with Crippen LogP contribution < -0.4 is 5.32 Å². The third-order valence-electron chi connectivity index (χ3n) is 6.60. The summed E-state index contributed by atoms with van der Waals surface area (Å²) in [5, 5.41) is 3.17. The van der Waals surface area contributed by atoms with Crippen LogP contribution in [-0.4, -0.2) is 54.7 Å². The van der Waals surface area contributed by atoms with Crippen LogP contribution in [0, 0.1) is 13.8 Å². The van der Waals surface area contributed by atoms with Gasteiger partial charge in [-0.3, -0.25) is 4.90 Å². The highest BCUT2D eigenvalue weighted by atomic mass is 16.5. The molecule has 5 nitrogen and oxygen atoms in total. The van der Waals surface area contributed by atoms with E-state index in [2.05, 4.69) is 65.4 Å². The number of ether oxygens (including phenoxy) is 1. The number of carbonyl (C=O) groups is 1. The van der Waals surface area contributed by atoms with Crippen LogP contribution in [0.1, 0.15) is 41.5 Å². The minimum Gasteiger partial charge on any atom is -0.381 e. The maximum absolute atomic E-state index is 13.3. The monoisotopic (exact) mass is 421 g/mol. The molecule has 0 atom stereocenters.